The molecule has 0 unspecified atom stereocenters. The average molecular weight is 415 g/mol. The fourth-order valence-corrected chi connectivity index (χ4v) is 2.04. The lowest BCUT2D eigenvalue weighted by molar-refractivity contribution is 0.174. The number of halogens is 1. The van der Waals surface area contributed by atoms with Gasteiger partial charge in [-0.05, 0) is 23.8 Å². The van der Waals surface area contributed by atoms with Gasteiger partial charge in [0.25, 0.3) is 0 Å². The van der Waals surface area contributed by atoms with Crippen LogP contribution in [0.15, 0.2) is 46.2 Å². The van der Waals surface area contributed by atoms with Gasteiger partial charge < -0.3 is 24.5 Å². The average Bonchev–Trinajstić information content (AvgIpc) is 3.18. The Balaban J connectivity index is 0.00000176. The number of benzene rings is 1. The smallest absolute Gasteiger partial charge is 0.231 e. The van der Waals surface area contributed by atoms with Gasteiger partial charge in [-0.25, -0.2) is 0 Å². The summed E-state index contributed by atoms with van der Waals surface area (Å²) in [6, 6.07) is 7.81. The van der Waals surface area contributed by atoms with Crippen molar-refractivity contribution in [1.82, 2.24) is 10.6 Å². The number of nitrogens with one attached hydrogen (secondary N) is 2. The van der Waals surface area contributed by atoms with Crippen LogP contribution < -0.4 is 20.1 Å². The molecule has 2 aromatic rings. The van der Waals surface area contributed by atoms with E-state index in [2.05, 4.69) is 15.6 Å². The first-order chi connectivity index (χ1) is 10.3. The number of guanidine groups is 1. The highest BCUT2D eigenvalue weighted by atomic mass is 127. The predicted molar refractivity (Wildman–Crippen MR) is 93.7 cm³/mol. The van der Waals surface area contributed by atoms with Gasteiger partial charge in [-0.15, -0.1) is 24.0 Å². The van der Waals surface area contributed by atoms with Gasteiger partial charge in [0, 0.05) is 25.7 Å². The highest BCUT2D eigenvalue weighted by Crippen LogP contribution is 2.32. The molecule has 118 valence electrons. The number of furan rings is 1. The first kappa shape index (κ1) is 16.5. The lowest BCUT2D eigenvalue weighted by Crippen LogP contribution is -2.36. The van der Waals surface area contributed by atoms with E-state index in [1.807, 2.05) is 24.3 Å². The first-order valence-electron chi connectivity index (χ1n) is 6.69. The van der Waals surface area contributed by atoms with Crippen molar-refractivity contribution in [3.8, 4) is 11.5 Å². The molecule has 0 saturated carbocycles. The van der Waals surface area contributed by atoms with Gasteiger partial charge in [0.15, 0.2) is 17.5 Å². The first-order valence-corrected chi connectivity index (χ1v) is 6.69. The molecule has 0 atom stereocenters. The predicted octanol–water partition coefficient (Wildman–Crippen LogP) is 2.49. The van der Waals surface area contributed by atoms with E-state index >= 15 is 0 Å². The normalized spacial score (nSPS) is 12.7. The Morgan fingerprint density at radius 3 is 2.59 bits per heavy atom. The van der Waals surface area contributed by atoms with Crippen LogP contribution in [0.1, 0.15) is 11.1 Å². The second kappa shape index (κ2) is 7.92. The molecule has 0 amide bonds. The van der Waals surface area contributed by atoms with Gasteiger partial charge in [0.1, 0.15) is 0 Å². The minimum atomic E-state index is 0. The standard InChI is InChI=1S/C15H17N3O3.HI/c1-16-15(18-8-12-4-5-19-9-12)17-7-11-2-3-13-14(6-11)21-10-20-13;/h2-6,9H,7-8,10H2,1H3,(H2,16,17,18);1H. The van der Waals surface area contributed by atoms with Crippen molar-refractivity contribution >= 4 is 29.9 Å². The summed E-state index contributed by atoms with van der Waals surface area (Å²) in [6.45, 7) is 1.61. The molecule has 0 radical (unpaired) electrons. The van der Waals surface area contributed by atoms with E-state index in [9.17, 15) is 0 Å². The van der Waals surface area contributed by atoms with Crippen LogP contribution in [0.5, 0.6) is 11.5 Å². The summed E-state index contributed by atoms with van der Waals surface area (Å²) in [4.78, 5) is 4.18. The van der Waals surface area contributed by atoms with Gasteiger partial charge in [0.05, 0.1) is 12.5 Å². The van der Waals surface area contributed by atoms with E-state index in [0.29, 0.717) is 19.9 Å². The zero-order valence-electron chi connectivity index (χ0n) is 12.2. The molecule has 0 aliphatic carbocycles. The van der Waals surface area contributed by atoms with Gasteiger partial charge in [-0.3, -0.25) is 4.99 Å². The molecule has 2 N–H and O–H groups in total. The van der Waals surface area contributed by atoms with Crippen LogP contribution in [-0.2, 0) is 13.1 Å². The number of aliphatic imine (C=N–C) groups is 1. The Hall–Kier alpha value is -1.90. The van der Waals surface area contributed by atoms with Crippen LogP contribution in [0, 0.1) is 0 Å². The lowest BCUT2D eigenvalue weighted by atomic mass is 10.2. The Labute approximate surface area is 145 Å². The number of fused-ring (bicyclic) bond motifs is 1. The maximum atomic E-state index is 5.36. The van der Waals surface area contributed by atoms with E-state index in [1.54, 1.807) is 19.6 Å². The summed E-state index contributed by atoms with van der Waals surface area (Å²) in [5, 5.41) is 6.47. The molecule has 22 heavy (non-hydrogen) atoms. The molecule has 7 heteroatoms. The molecule has 0 bridgehead atoms. The monoisotopic (exact) mass is 415 g/mol. The van der Waals surface area contributed by atoms with Gasteiger partial charge in [-0.1, -0.05) is 6.07 Å². The fraction of sp³-hybridized carbons (Fsp3) is 0.267. The van der Waals surface area contributed by atoms with E-state index < -0.39 is 0 Å². The summed E-state index contributed by atoms with van der Waals surface area (Å²) < 4.78 is 15.7. The van der Waals surface area contributed by atoms with Gasteiger partial charge >= 0.3 is 0 Å². The topological polar surface area (TPSA) is 68.0 Å². The summed E-state index contributed by atoms with van der Waals surface area (Å²) in [6.07, 6.45) is 3.36. The van der Waals surface area contributed by atoms with Crippen molar-refractivity contribution in [2.75, 3.05) is 13.8 Å². The van der Waals surface area contributed by atoms with Gasteiger partial charge in [-0.2, -0.15) is 0 Å². The quantitative estimate of drug-likeness (QED) is 0.457. The maximum absolute atomic E-state index is 5.36. The SMILES string of the molecule is CN=C(NCc1ccoc1)NCc1ccc2c(c1)OCO2.I. The molecule has 1 aromatic heterocycles. The maximum Gasteiger partial charge on any atom is 0.231 e. The number of ether oxygens (including phenoxy) is 2. The molecule has 0 spiro atoms. The van der Waals surface area contributed by atoms with Crippen LogP contribution in [0.3, 0.4) is 0 Å². The minimum Gasteiger partial charge on any atom is -0.472 e. The number of hydrogen-bond acceptors (Lipinski definition) is 4. The Kier molecular flexibility index (Phi) is 5.93. The number of hydrogen-bond donors (Lipinski definition) is 2. The molecule has 3 rings (SSSR count). The molecule has 0 fully saturated rings. The van der Waals surface area contributed by atoms with Crippen molar-refractivity contribution in [2.45, 2.75) is 13.1 Å². The molecule has 1 aliphatic heterocycles. The highest BCUT2D eigenvalue weighted by molar-refractivity contribution is 14.0. The van der Waals surface area contributed by atoms with E-state index in [1.165, 1.54) is 0 Å². The largest absolute Gasteiger partial charge is 0.472 e. The summed E-state index contributed by atoms with van der Waals surface area (Å²) in [5.41, 5.74) is 2.17. The minimum absolute atomic E-state index is 0. The van der Waals surface area contributed by atoms with Crippen molar-refractivity contribution in [2.24, 2.45) is 4.99 Å². The molecular weight excluding hydrogens is 397 g/mol. The molecule has 0 saturated heterocycles. The highest BCUT2D eigenvalue weighted by Gasteiger charge is 2.13. The zero-order chi connectivity index (χ0) is 14.5. The van der Waals surface area contributed by atoms with Crippen LogP contribution >= 0.6 is 24.0 Å². The molecule has 1 aliphatic rings. The van der Waals surface area contributed by atoms with Crippen molar-refractivity contribution in [1.29, 1.82) is 0 Å². The van der Waals surface area contributed by atoms with E-state index in [4.69, 9.17) is 13.9 Å². The molecule has 2 heterocycles. The van der Waals surface area contributed by atoms with Gasteiger partial charge in [0.2, 0.25) is 6.79 Å². The Morgan fingerprint density at radius 1 is 1.09 bits per heavy atom. The van der Waals surface area contributed by atoms with Crippen molar-refractivity contribution in [3.63, 3.8) is 0 Å². The zero-order valence-corrected chi connectivity index (χ0v) is 14.5. The van der Waals surface area contributed by atoms with Crippen LogP contribution in [0.25, 0.3) is 0 Å². The molecule has 6 nitrogen and oxygen atoms in total. The molecular formula is C15H18IN3O3. The summed E-state index contributed by atoms with van der Waals surface area (Å²) in [5.74, 6) is 2.31. The van der Waals surface area contributed by atoms with E-state index in [0.717, 1.165) is 28.6 Å². The summed E-state index contributed by atoms with van der Waals surface area (Å²) >= 11 is 0. The summed E-state index contributed by atoms with van der Waals surface area (Å²) in [7, 11) is 1.74. The van der Waals surface area contributed by atoms with Crippen molar-refractivity contribution in [3.05, 3.63) is 47.9 Å². The second-order valence-electron chi connectivity index (χ2n) is 4.60. The Bertz CT molecular complexity index is 629. The van der Waals surface area contributed by atoms with Crippen LogP contribution in [0.4, 0.5) is 0 Å². The van der Waals surface area contributed by atoms with Crippen molar-refractivity contribution < 1.29 is 13.9 Å². The number of rotatable bonds is 4. The third kappa shape index (κ3) is 4.06. The third-order valence-electron chi connectivity index (χ3n) is 3.16. The van der Waals surface area contributed by atoms with Crippen LogP contribution in [-0.4, -0.2) is 19.8 Å². The van der Waals surface area contributed by atoms with Crippen LogP contribution in [0.2, 0.25) is 0 Å². The Morgan fingerprint density at radius 2 is 1.86 bits per heavy atom. The number of nitrogens with zero attached hydrogens (tertiary/aromatic N) is 1. The van der Waals surface area contributed by atoms with E-state index in [-0.39, 0.29) is 24.0 Å². The second-order valence-corrected chi connectivity index (χ2v) is 4.60. The fourth-order valence-electron chi connectivity index (χ4n) is 2.04. The third-order valence-corrected chi connectivity index (χ3v) is 3.16. The molecule has 1 aromatic carbocycles. The lowest BCUT2D eigenvalue weighted by Gasteiger charge is -2.11.